The second-order valence-electron chi connectivity index (χ2n) is 7.19. The van der Waals surface area contributed by atoms with Gasteiger partial charge in [0, 0.05) is 6.04 Å². The summed E-state index contributed by atoms with van der Waals surface area (Å²) in [4.78, 5) is 17.4. The zero-order chi connectivity index (χ0) is 18.5. The maximum absolute atomic E-state index is 12.7. The van der Waals surface area contributed by atoms with Crippen molar-refractivity contribution in [2.24, 2.45) is 0 Å². The van der Waals surface area contributed by atoms with Gasteiger partial charge in [0.2, 0.25) is 5.91 Å². The Kier molecular flexibility index (Phi) is 5.33. The minimum atomic E-state index is 0.0689. The normalized spacial score (nSPS) is 15.4. The van der Waals surface area contributed by atoms with Crippen molar-refractivity contribution in [2.75, 3.05) is 0 Å². The fourth-order valence-corrected chi connectivity index (χ4v) is 3.79. The number of imidazole rings is 1. The molecule has 1 N–H and O–H groups in total. The fraction of sp³-hybridized carbons (Fsp3) is 0.304. The largest absolute Gasteiger partial charge is 0.352 e. The van der Waals surface area contributed by atoms with Gasteiger partial charge >= 0.3 is 0 Å². The highest BCUT2D eigenvalue weighted by atomic mass is 16.2. The number of hydrogen-bond donors (Lipinski definition) is 1. The maximum atomic E-state index is 12.7. The third-order valence-electron chi connectivity index (χ3n) is 5.18. The van der Waals surface area contributed by atoms with Crippen molar-refractivity contribution >= 4 is 29.1 Å². The van der Waals surface area contributed by atoms with Crippen molar-refractivity contribution < 1.29 is 4.79 Å². The molecule has 2 aromatic carbocycles. The second-order valence-corrected chi connectivity index (χ2v) is 7.19. The van der Waals surface area contributed by atoms with Crippen molar-refractivity contribution in [3.8, 4) is 0 Å². The second kappa shape index (κ2) is 8.21. The van der Waals surface area contributed by atoms with Gasteiger partial charge in [-0.15, -0.1) is 0 Å². The summed E-state index contributed by atoms with van der Waals surface area (Å²) in [7, 11) is 0. The number of carbonyl (C=O) groups is 1. The molecule has 138 valence electrons. The molecule has 0 aliphatic heterocycles. The molecule has 0 bridgehead atoms. The summed E-state index contributed by atoms with van der Waals surface area (Å²) in [6.07, 6.45) is 9.93. The van der Waals surface area contributed by atoms with Gasteiger partial charge in [0.25, 0.3) is 0 Å². The predicted molar refractivity (Wildman–Crippen MR) is 110 cm³/mol. The lowest BCUT2D eigenvalue weighted by Gasteiger charge is -2.23. The van der Waals surface area contributed by atoms with E-state index in [1.54, 1.807) is 0 Å². The van der Waals surface area contributed by atoms with Gasteiger partial charge < -0.3 is 9.88 Å². The lowest BCUT2D eigenvalue weighted by Crippen LogP contribution is -2.38. The van der Waals surface area contributed by atoms with E-state index in [1.807, 2.05) is 59.2 Å². The highest BCUT2D eigenvalue weighted by Gasteiger charge is 2.17. The molecule has 0 atom stereocenters. The lowest BCUT2D eigenvalue weighted by molar-refractivity contribution is -0.122. The van der Waals surface area contributed by atoms with E-state index in [4.69, 9.17) is 4.98 Å². The van der Waals surface area contributed by atoms with E-state index >= 15 is 0 Å². The molecule has 1 aliphatic carbocycles. The van der Waals surface area contributed by atoms with Gasteiger partial charge in [0.1, 0.15) is 12.4 Å². The number of hydrogen-bond acceptors (Lipinski definition) is 2. The van der Waals surface area contributed by atoms with E-state index in [9.17, 15) is 4.79 Å². The Morgan fingerprint density at radius 2 is 1.74 bits per heavy atom. The van der Waals surface area contributed by atoms with Gasteiger partial charge in [-0.2, -0.15) is 0 Å². The molecule has 0 unspecified atom stereocenters. The monoisotopic (exact) mass is 359 g/mol. The first-order chi connectivity index (χ1) is 13.3. The molecule has 1 heterocycles. The topological polar surface area (TPSA) is 46.9 Å². The highest BCUT2D eigenvalue weighted by Crippen LogP contribution is 2.20. The van der Waals surface area contributed by atoms with E-state index < -0.39 is 0 Å². The van der Waals surface area contributed by atoms with Gasteiger partial charge in [0.05, 0.1) is 11.0 Å². The number of benzene rings is 2. The number of para-hydroxylation sites is 2. The first-order valence-electron chi connectivity index (χ1n) is 9.77. The molecule has 0 radical (unpaired) electrons. The van der Waals surface area contributed by atoms with Gasteiger partial charge in [-0.3, -0.25) is 4.79 Å². The SMILES string of the molecule is O=C(Cn1c(/C=C/c2ccccc2)nc2ccccc21)NC1CCCCC1. The minimum absolute atomic E-state index is 0.0689. The number of carbonyl (C=O) groups excluding carboxylic acids is 1. The Morgan fingerprint density at radius 3 is 2.56 bits per heavy atom. The van der Waals surface area contributed by atoms with Crippen LogP contribution in [0.25, 0.3) is 23.2 Å². The van der Waals surface area contributed by atoms with Crippen molar-refractivity contribution in [3.05, 3.63) is 66.0 Å². The summed E-state index contributed by atoms with van der Waals surface area (Å²) in [5.41, 5.74) is 3.02. The van der Waals surface area contributed by atoms with Crippen LogP contribution in [0.4, 0.5) is 0 Å². The van der Waals surface area contributed by atoms with E-state index in [2.05, 4.69) is 17.4 Å². The molecule has 4 heteroatoms. The molecule has 1 saturated carbocycles. The maximum Gasteiger partial charge on any atom is 0.240 e. The number of nitrogens with zero attached hydrogens (tertiary/aromatic N) is 2. The summed E-state index contributed by atoms with van der Waals surface area (Å²) >= 11 is 0. The van der Waals surface area contributed by atoms with Crippen LogP contribution in [0.5, 0.6) is 0 Å². The number of rotatable bonds is 5. The third kappa shape index (κ3) is 4.27. The van der Waals surface area contributed by atoms with Crippen molar-refractivity contribution in [2.45, 2.75) is 44.7 Å². The van der Waals surface area contributed by atoms with E-state index in [0.717, 1.165) is 35.3 Å². The average Bonchev–Trinajstić information content (AvgIpc) is 3.05. The van der Waals surface area contributed by atoms with Crippen LogP contribution in [-0.4, -0.2) is 21.5 Å². The Bertz CT molecular complexity index is 937. The van der Waals surface area contributed by atoms with Crippen LogP contribution in [0.3, 0.4) is 0 Å². The molecule has 0 spiro atoms. The van der Waals surface area contributed by atoms with Crippen molar-refractivity contribution in [3.63, 3.8) is 0 Å². The number of amides is 1. The summed E-state index contributed by atoms with van der Waals surface area (Å²) in [6, 6.07) is 18.4. The van der Waals surface area contributed by atoms with Crippen LogP contribution in [0.1, 0.15) is 43.5 Å². The van der Waals surface area contributed by atoms with Crippen LogP contribution in [0.15, 0.2) is 54.6 Å². The Labute approximate surface area is 159 Å². The third-order valence-corrected chi connectivity index (χ3v) is 5.18. The van der Waals surface area contributed by atoms with Crippen LogP contribution in [0.2, 0.25) is 0 Å². The summed E-state index contributed by atoms with van der Waals surface area (Å²) in [5.74, 6) is 0.873. The lowest BCUT2D eigenvalue weighted by atomic mass is 9.95. The molecule has 1 aliphatic rings. The zero-order valence-electron chi connectivity index (χ0n) is 15.5. The first kappa shape index (κ1) is 17.5. The molecule has 4 nitrogen and oxygen atoms in total. The van der Waals surface area contributed by atoms with Crippen molar-refractivity contribution in [1.82, 2.24) is 14.9 Å². The average molecular weight is 359 g/mol. The standard InChI is InChI=1S/C23H25N3O/c27-23(24-19-11-5-2-6-12-19)17-26-21-14-8-7-13-20(21)25-22(26)16-15-18-9-3-1-4-10-18/h1,3-4,7-10,13-16,19H,2,5-6,11-12,17H2,(H,24,27)/b16-15+. The Morgan fingerprint density at radius 1 is 1.00 bits per heavy atom. The van der Waals surface area contributed by atoms with Crippen LogP contribution >= 0.6 is 0 Å². The molecule has 27 heavy (non-hydrogen) atoms. The number of aromatic nitrogens is 2. The summed E-state index contributed by atoms with van der Waals surface area (Å²) in [5, 5.41) is 3.21. The predicted octanol–water partition coefficient (Wildman–Crippen LogP) is 4.66. The molecule has 4 rings (SSSR count). The van der Waals surface area contributed by atoms with E-state index in [1.165, 1.54) is 19.3 Å². The Hall–Kier alpha value is -2.88. The molecular formula is C23H25N3O. The molecule has 1 fully saturated rings. The smallest absolute Gasteiger partial charge is 0.240 e. The van der Waals surface area contributed by atoms with Gasteiger partial charge in [-0.1, -0.05) is 67.8 Å². The summed E-state index contributed by atoms with van der Waals surface area (Å²) in [6.45, 7) is 0.297. The molecular weight excluding hydrogens is 334 g/mol. The minimum Gasteiger partial charge on any atom is -0.352 e. The van der Waals surface area contributed by atoms with Crippen LogP contribution in [0, 0.1) is 0 Å². The quantitative estimate of drug-likeness (QED) is 0.720. The van der Waals surface area contributed by atoms with Crippen molar-refractivity contribution in [1.29, 1.82) is 0 Å². The highest BCUT2D eigenvalue weighted by molar-refractivity contribution is 5.83. The van der Waals surface area contributed by atoms with Gasteiger partial charge in [-0.25, -0.2) is 4.98 Å². The van der Waals surface area contributed by atoms with E-state index in [-0.39, 0.29) is 5.91 Å². The fourth-order valence-electron chi connectivity index (χ4n) is 3.79. The van der Waals surface area contributed by atoms with Gasteiger partial charge in [0.15, 0.2) is 0 Å². The van der Waals surface area contributed by atoms with E-state index in [0.29, 0.717) is 12.6 Å². The number of fused-ring (bicyclic) bond motifs is 1. The molecule has 1 amide bonds. The van der Waals surface area contributed by atoms with Crippen LogP contribution < -0.4 is 5.32 Å². The van der Waals surface area contributed by atoms with Gasteiger partial charge in [-0.05, 0) is 36.6 Å². The first-order valence-corrected chi connectivity index (χ1v) is 9.77. The van der Waals surface area contributed by atoms with Crippen LogP contribution in [-0.2, 0) is 11.3 Å². The number of nitrogens with one attached hydrogen (secondary N) is 1. The zero-order valence-corrected chi connectivity index (χ0v) is 15.5. The molecule has 0 saturated heterocycles. The summed E-state index contributed by atoms with van der Waals surface area (Å²) < 4.78 is 2.01. The molecule has 3 aromatic rings. The Balaban J connectivity index is 1.58. The molecule has 1 aromatic heterocycles.